The lowest BCUT2D eigenvalue weighted by molar-refractivity contribution is 0.0706. The van der Waals surface area contributed by atoms with E-state index in [0.29, 0.717) is 18.1 Å². The third-order valence-electron chi connectivity index (χ3n) is 3.90. The van der Waals surface area contributed by atoms with Gasteiger partial charge in [0.2, 0.25) is 0 Å². The number of amides is 1. The summed E-state index contributed by atoms with van der Waals surface area (Å²) < 4.78 is 1.54. The van der Waals surface area contributed by atoms with Crippen molar-refractivity contribution in [3.05, 3.63) is 32.7 Å². The molecule has 0 saturated carbocycles. The van der Waals surface area contributed by atoms with E-state index in [0.717, 1.165) is 17.1 Å². The van der Waals surface area contributed by atoms with Crippen molar-refractivity contribution in [3.8, 4) is 0 Å². The molecule has 1 aliphatic heterocycles. The molecule has 22 heavy (non-hydrogen) atoms. The van der Waals surface area contributed by atoms with Gasteiger partial charge < -0.3 is 10.2 Å². The molecule has 1 fully saturated rings. The predicted molar refractivity (Wildman–Crippen MR) is 89.4 cm³/mol. The van der Waals surface area contributed by atoms with Crippen LogP contribution in [0, 0.1) is 13.8 Å². The maximum atomic E-state index is 12.6. The van der Waals surface area contributed by atoms with Gasteiger partial charge in [0, 0.05) is 42.4 Å². The van der Waals surface area contributed by atoms with E-state index in [1.54, 1.807) is 9.30 Å². The lowest BCUT2D eigenvalue weighted by Gasteiger charge is -2.31. The van der Waals surface area contributed by atoms with Crippen molar-refractivity contribution in [1.82, 2.24) is 19.6 Å². The Morgan fingerprint density at radius 1 is 1.45 bits per heavy atom. The zero-order valence-electron chi connectivity index (χ0n) is 12.8. The highest BCUT2D eigenvalue weighted by molar-refractivity contribution is 7.17. The average Bonchev–Trinajstić information content (AvgIpc) is 2.74. The Labute approximate surface area is 138 Å². The van der Waals surface area contributed by atoms with Crippen LogP contribution in [0.4, 0.5) is 0 Å². The summed E-state index contributed by atoms with van der Waals surface area (Å²) in [6.45, 7) is 7.84. The van der Waals surface area contributed by atoms with E-state index in [-0.39, 0.29) is 35.5 Å². The Morgan fingerprint density at radius 3 is 2.86 bits per heavy atom. The Kier molecular flexibility index (Phi) is 4.89. The van der Waals surface area contributed by atoms with E-state index in [4.69, 9.17) is 0 Å². The number of carbonyl (C=O) groups excluding carboxylic acids is 1. The van der Waals surface area contributed by atoms with Crippen molar-refractivity contribution in [2.75, 3.05) is 19.6 Å². The van der Waals surface area contributed by atoms with Crippen molar-refractivity contribution < 1.29 is 4.79 Å². The molecular weight excluding hydrogens is 324 g/mol. The van der Waals surface area contributed by atoms with Crippen LogP contribution < -0.4 is 10.9 Å². The molecule has 1 atom stereocenters. The first-order valence-electron chi connectivity index (χ1n) is 6.99. The van der Waals surface area contributed by atoms with Crippen LogP contribution in [0.5, 0.6) is 0 Å². The van der Waals surface area contributed by atoms with E-state index in [9.17, 15) is 9.59 Å². The number of thiazole rings is 1. The largest absolute Gasteiger partial charge is 0.336 e. The Hall–Kier alpha value is -1.44. The van der Waals surface area contributed by atoms with Crippen LogP contribution in [0.3, 0.4) is 0 Å². The number of rotatable bonds is 1. The minimum atomic E-state index is -0.266. The highest BCUT2D eigenvalue weighted by atomic mass is 35.5. The molecule has 120 valence electrons. The molecule has 2 aromatic heterocycles. The molecular formula is C14H19ClN4O2S. The quantitative estimate of drug-likeness (QED) is 0.846. The van der Waals surface area contributed by atoms with Crippen LogP contribution in [0.1, 0.15) is 27.9 Å². The molecule has 0 unspecified atom stereocenters. The molecule has 0 aromatic carbocycles. The number of halogens is 1. The number of hydrogen-bond acceptors (Lipinski definition) is 5. The minimum absolute atomic E-state index is 0. The van der Waals surface area contributed by atoms with Gasteiger partial charge in [-0.25, -0.2) is 4.98 Å². The van der Waals surface area contributed by atoms with Gasteiger partial charge in [-0.2, -0.15) is 0 Å². The van der Waals surface area contributed by atoms with Gasteiger partial charge in [0.05, 0.1) is 0 Å². The first-order chi connectivity index (χ1) is 9.99. The molecule has 1 saturated heterocycles. The molecule has 1 amide bonds. The van der Waals surface area contributed by atoms with Crippen LogP contribution in [-0.2, 0) is 0 Å². The van der Waals surface area contributed by atoms with Crippen molar-refractivity contribution in [2.24, 2.45) is 0 Å². The highest BCUT2D eigenvalue weighted by Gasteiger charge is 2.25. The first kappa shape index (κ1) is 16.9. The molecule has 2 aromatic rings. The standard InChI is InChI=1S/C14H18N4O2S.ClH/c1-8-7-17(5-4-15-8)12(19)11-6-16-14-18(13(11)20)9(2)10(3)21-14;/h6,8,15H,4-5,7H2,1-3H3;1H/t8-;/m1./s1. The molecule has 0 bridgehead atoms. The third-order valence-corrected chi connectivity index (χ3v) is 4.98. The number of aromatic nitrogens is 2. The molecule has 3 heterocycles. The summed E-state index contributed by atoms with van der Waals surface area (Å²) >= 11 is 1.47. The van der Waals surface area contributed by atoms with Crippen molar-refractivity contribution >= 4 is 34.6 Å². The smallest absolute Gasteiger partial charge is 0.271 e. The summed E-state index contributed by atoms with van der Waals surface area (Å²) in [5, 5.41) is 3.28. The Morgan fingerprint density at radius 2 is 2.18 bits per heavy atom. The number of aryl methyl sites for hydroxylation is 2. The van der Waals surface area contributed by atoms with Crippen molar-refractivity contribution in [1.29, 1.82) is 0 Å². The molecule has 3 rings (SSSR count). The summed E-state index contributed by atoms with van der Waals surface area (Å²) in [6, 6.07) is 0.243. The fourth-order valence-electron chi connectivity index (χ4n) is 2.61. The van der Waals surface area contributed by atoms with Gasteiger partial charge in [0.1, 0.15) is 5.56 Å². The Bertz CT molecular complexity index is 770. The van der Waals surface area contributed by atoms with Gasteiger partial charge in [-0.05, 0) is 20.8 Å². The highest BCUT2D eigenvalue weighted by Crippen LogP contribution is 2.18. The summed E-state index contributed by atoms with van der Waals surface area (Å²) in [6.07, 6.45) is 1.42. The number of nitrogens with zero attached hydrogens (tertiary/aromatic N) is 3. The topological polar surface area (TPSA) is 66.7 Å². The number of fused-ring (bicyclic) bond motifs is 1. The molecule has 6 nitrogen and oxygen atoms in total. The maximum Gasteiger partial charge on any atom is 0.271 e. The van der Waals surface area contributed by atoms with Gasteiger partial charge in [-0.1, -0.05) is 0 Å². The second-order valence-electron chi connectivity index (χ2n) is 5.45. The number of hydrogen-bond donors (Lipinski definition) is 1. The van der Waals surface area contributed by atoms with Crippen molar-refractivity contribution in [2.45, 2.75) is 26.8 Å². The first-order valence-corrected chi connectivity index (χ1v) is 7.81. The lowest BCUT2D eigenvalue weighted by atomic mass is 10.2. The van der Waals surface area contributed by atoms with Gasteiger partial charge in [0.15, 0.2) is 4.96 Å². The second kappa shape index (κ2) is 6.36. The van der Waals surface area contributed by atoms with Crippen LogP contribution in [0.15, 0.2) is 11.0 Å². The van der Waals surface area contributed by atoms with Crippen LogP contribution >= 0.6 is 23.7 Å². The van der Waals surface area contributed by atoms with E-state index in [1.165, 1.54) is 17.5 Å². The normalized spacial score (nSPS) is 18.3. The number of carbonyl (C=O) groups is 1. The summed E-state index contributed by atoms with van der Waals surface area (Å²) in [7, 11) is 0. The Balaban J connectivity index is 0.00000176. The van der Waals surface area contributed by atoms with E-state index in [2.05, 4.69) is 10.3 Å². The van der Waals surface area contributed by atoms with Crippen LogP contribution in [-0.4, -0.2) is 45.9 Å². The number of nitrogens with one attached hydrogen (secondary N) is 1. The van der Waals surface area contributed by atoms with Gasteiger partial charge >= 0.3 is 0 Å². The summed E-state index contributed by atoms with van der Waals surface area (Å²) in [4.78, 5) is 32.9. The van der Waals surface area contributed by atoms with E-state index >= 15 is 0 Å². The SMILES string of the molecule is Cc1sc2ncc(C(=O)N3CCN[C@H](C)C3)c(=O)n2c1C.Cl. The number of piperazine rings is 1. The molecule has 0 spiro atoms. The molecule has 0 aliphatic carbocycles. The fourth-order valence-corrected chi connectivity index (χ4v) is 3.54. The van der Waals surface area contributed by atoms with Gasteiger partial charge in [-0.15, -0.1) is 23.7 Å². The second-order valence-corrected chi connectivity index (χ2v) is 6.63. The predicted octanol–water partition coefficient (Wildman–Crippen LogP) is 1.23. The molecule has 1 aliphatic rings. The summed E-state index contributed by atoms with van der Waals surface area (Å²) in [5.41, 5.74) is 0.747. The zero-order chi connectivity index (χ0) is 15.1. The maximum absolute atomic E-state index is 12.6. The van der Waals surface area contributed by atoms with Crippen LogP contribution in [0.2, 0.25) is 0 Å². The van der Waals surface area contributed by atoms with Gasteiger partial charge in [0.25, 0.3) is 11.5 Å². The minimum Gasteiger partial charge on any atom is -0.336 e. The lowest BCUT2D eigenvalue weighted by Crippen LogP contribution is -2.52. The summed E-state index contributed by atoms with van der Waals surface area (Å²) in [5.74, 6) is -0.224. The van der Waals surface area contributed by atoms with Crippen molar-refractivity contribution in [3.63, 3.8) is 0 Å². The van der Waals surface area contributed by atoms with Gasteiger partial charge in [-0.3, -0.25) is 14.0 Å². The average molecular weight is 343 g/mol. The monoisotopic (exact) mass is 342 g/mol. The fraction of sp³-hybridized carbons (Fsp3) is 0.500. The zero-order valence-corrected chi connectivity index (χ0v) is 14.4. The van der Waals surface area contributed by atoms with E-state index in [1.807, 2.05) is 20.8 Å². The van der Waals surface area contributed by atoms with E-state index < -0.39 is 0 Å². The molecule has 8 heteroatoms. The molecule has 0 radical (unpaired) electrons. The van der Waals surface area contributed by atoms with Crippen LogP contribution in [0.25, 0.3) is 4.96 Å². The third kappa shape index (κ3) is 2.76. The molecule has 1 N–H and O–H groups in total.